The summed E-state index contributed by atoms with van der Waals surface area (Å²) in [4.78, 5) is 16.2. The van der Waals surface area contributed by atoms with Crippen molar-refractivity contribution in [3.8, 4) is 0 Å². The molecule has 4 nitrogen and oxygen atoms in total. The minimum atomic E-state index is -2.60. The standard InChI is InChI=1S/C11H12F2N2O2/c12-10(13)9-5-8(1-3-14-9)15-4-2-7(6-15)11(16)17/h1,3,5,7,10H,2,4,6H2,(H,16,17)/t7-/m1/s1. The van der Waals surface area contributed by atoms with Gasteiger partial charge in [0, 0.05) is 25.0 Å². The Morgan fingerprint density at radius 3 is 2.94 bits per heavy atom. The maximum absolute atomic E-state index is 12.5. The predicted octanol–water partition coefficient (Wildman–Crippen LogP) is 1.93. The lowest BCUT2D eigenvalue weighted by Gasteiger charge is -2.18. The molecular formula is C11H12F2N2O2. The molecule has 6 heteroatoms. The number of carboxylic acid groups (broad SMARTS) is 1. The number of hydrogen-bond acceptors (Lipinski definition) is 3. The number of aromatic nitrogens is 1. The van der Waals surface area contributed by atoms with E-state index in [0.717, 1.165) is 0 Å². The number of rotatable bonds is 3. The molecule has 0 radical (unpaired) electrons. The third-order valence-electron chi connectivity index (χ3n) is 2.89. The fraction of sp³-hybridized carbons (Fsp3) is 0.455. The summed E-state index contributed by atoms with van der Waals surface area (Å²) >= 11 is 0. The summed E-state index contributed by atoms with van der Waals surface area (Å²) in [5, 5.41) is 8.86. The van der Waals surface area contributed by atoms with Crippen molar-refractivity contribution in [3.05, 3.63) is 24.0 Å². The van der Waals surface area contributed by atoms with Crippen LogP contribution in [0.15, 0.2) is 18.3 Å². The zero-order valence-electron chi connectivity index (χ0n) is 9.01. The highest BCUT2D eigenvalue weighted by Crippen LogP contribution is 2.26. The van der Waals surface area contributed by atoms with Crippen LogP contribution in [0.2, 0.25) is 0 Å². The number of hydrogen-bond donors (Lipinski definition) is 1. The maximum atomic E-state index is 12.5. The van der Waals surface area contributed by atoms with Gasteiger partial charge in [-0.2, -0.15) is 0 Å². The topological polar surface area (TPSA) is 53.4 Å². The molecule has 2 rings (SSSR count). The second kappa shape index (κ2) is 4.65. The van der Waals surface area contributed by atoms with E-state index in [1.165, 1.54) is 12.3 Å². The second-order valence-electron chi connectivity index (χ2n) is 4.01. The average molecular weight is 242 g/mol. The van der Waals surface area contributed by atoms with Crippen LogP contribution in [0.3, 0.4) is 0 Å². The van der Waals surface area contributed by atoms with Crippen LogP contribution in [0.4, 0.5) is 14.5 Å². The van der Waals surface area contributed by atoms with Crippen molar-refractivity contribution in [1.29, 1.82) is 0 Å². The summed E-state index contributed by atoms with van der Waals surface area (Å²) in [5.41, 5.74) is 0.334. The van der Waals surface area contributed by atoms with Crippen molar-refractivity contribution in [2.75, 3.05) is 18.0 Å². The SMILES string of the molecule is O=C(O)[C@@H]1CCN(c2ccnc(C(F)F)c2)C1. The first-order chi connectivity index (χ1) is 8.08. The van der Waals surface area contributed by atoms with E-state index >= 15 is 0 Å². The van der Waals surface area contributed by atoms with Crippen LogP contribution in [0.25, 0.3) is 0 Å². The van der Waals surface area contributed by atoms with Gasteiger partial charge in [0.2, 0.25) is 0 Å². The van der Waals surface area contributed by atoms with Crippen molar-refractivity contribution < 1.29 is 18.7 Å². The number of anilines is 1. The highest BCUT2D eigenvalue weighted by atomic mass is 19.3. The molecular weight excluding hydrogens is 230 g/mol. The van der Waals surface area contributed by atoms with E-state index in [1.807, 2.05) is 0 Å². The number of alkyl halides is 2. The summed E-state index contributed by atoms with van der Waals surface area (Å²) in [6, 6.07) is 2.94. The second-order valence-corrected chi connectivity index (χ2v) is 4.01. The van der Waals surface area contributed by atoms with Gasteiger partial charge >= 0.3 is 5.97 Å². The van der Waals surface area contributed by atoms with Crippen molar-refractivity contribution in [2.24, 2.45) is 5.92 Å². The molecule has 1 aromatic rings. The molecule has 17 heavy (non-hydrogen) atoms. The van der Waals surface area contributed by atoms with E-state index in [9.17, 15) is 13.6 Å². The van der Waals surface area contributed by atoms with Crippen LogP contribution in [-0.2, 0) is 4.79 Å². The molecule has 2 heterocycles. The molecule has 0 spiro atoms. The first-order valence-electron chi connectivity index (χ1n) is 5.30. The van der Waals surface area contributed by atoms with E-state index in [1.54, 1.807) is 11.0 Å². The minimum absolute atomic E-state index is 0.277. The summed E-state index contributed by atoms with van der Waals surface area (Å²) in [6.07, 6.45) is -0.736. The number of aliphatic carboxylic acids is 1. The Kier molecular flexibility index (Phi) is 3.21. The van der Waals surface area contributed by atoms with Gasteiger partial charge in [0.05, 0.1) is 5.92 Å². The van der Waals surface area contributed by atoms with Crippen LogP contribution >= 0.6 is 0 Å². The maximum Gasteiger partial charge on any atom is 0.308 e. The van der Waals surface area contributed by atoms with Crippen LogP contribution in [0.1, 0.15) is 18.5 Å². The Morgan fingerprint density at radius 1 is 1.59 bits per heavy atom. The first-order valence-corrected chi connectivity index (χ1v) is 5.30. The van der Waals surface area contributed by atoms with Gasteiger partial charge < -0.3 is 10.0 Å². The highest BCUT2D eigenvalue weighted by molar-refractivity contribution is 5.72. The molecule has 0 saturated carbocycles. The Bertz CT molecular complexity index is 426. The number of carboxylic acids is 1. The fourth-order valence-corrected chi connectivity index (χ4v) is 1.95. The van der Waals surface area contributed by atoms with E-state index in [2.05, 4.69) is 4.98 Å². The van der Waals surface area contributed by atoms with Crippen LogP contribution in [-0.4, -0.2) is 29.1 Å². The minimum Gasteiger partial charge on any atom is -0.481 e. The Morgan fingerprint density at radius 2 is 2.35 bits per heavy atom. The van der Waals surface area contributed by atoms with Gasteiger partial charge in [-0.15, -0.1) is 0 Å². The first kappa shape index (κ1) is 11.8. The van der Waals surface area contributed by atoms with Gasteiger partial charge in [0.1, 0.15) is 5.69 Å². The lowest BCUT2D eigenvalue weighted by Crippen LogP contribution is -2.22. The van der Waals surface area contributed by atoms with Crippen molar-refractivity contribution in [2.45, 2.75) is 12.8 Å². The molecule has 92 valence electrons. The molecule has 0 aliphatic carbocycles. The number of halogens is 2. The summed E-state index contributed by atoms with van der Waals surface area (Å²) in [7, 11) is 0. The largest absolute Gasteiger partial charge is 0.481 e. The highest BCUT2D eigenvalue weighted by Gasteiger charge is 2.28. The third kappa shape index (κ3) is 2.51. The van der Waals surface area contributed by atoms with Crippen molar-refractivity contribution in [1.82, 2.24) is 4.98 Å². The molecule has 0 amide bonds. The Hall–Kier alpha value is -1.72. The van der Waals surface area contributed by atoms with E-state index in [-0.39, 0.29) is 5.69 Å². The number of carbonyl (C=O) groups is 1. The molecule has 1 aromatic heterocycles. The zero-order valence-corrected chi connectivity index (χ0v) is 9.01. The van der Waals surface area contributed by atoms with Crippen molar-refractivity contribution >= 4 is 11.7 Å². The van der Waals surface area contributed by atoms with Gasteiger partial charge in [0.25, 0.3) is 6.43 Å². The fourth-order valence-electron chi connectivity index (χ4n) is 1.95. The Balaban J connectivity index is 2.13. The van der Waals surface area contributed by atoms with Crippen LogP contribution in [0, 0.1) is 5.92 Å². The zero-order chi connectivity index (χ0) is 12.4. The third-order valence-corrected chi connectivity index (χ3v) is 2.89. The van der Waals surface area contributed by atoms with Gasteiger partial charge in [-0.1, -0.05) is 0 Å². The monoisotopic (exact) mass is 242 g/mol. The normalized spacial score (nSPS) is 19.9. The van der Waals surface area contributed by atoms with Gasteiger partial charge in [0.15, 0.2) is 0 Å². The van der Waals surface area contributed by atoms with E-state index in [4.69, 9.17) is 5.11 Å². The lowest BCUT2D eigenvalue weighted by molar-refractivity contribution is -0.140. The average Bonchev–Trinajstić information content (AvgIpc) is 2.78. The molecule has 1 aliphatic rings. The van der Waals surface area contributed by atoms with Crippen molar-refractivity contribution in [3.63, 3.8) is 0 Å². The quantitative estimate of drug-likeness (QED) is 0.879. The summed E-state index contributed by atoms with van der Waals surface area (Å²) in [6.45, 7) is 0.936. The van der Waals surface area contributed by atoms with Crippen LogP contribution < -0.4 is 4.90 Å². The molecule has 0 bridgehead atoms. The predicted molar refractivity (Wildman–Crippen MR) is 57.1 cm³/mol. The molecule has 1 atom stereocenters. The molecule has 0 aromatic carbocycles. The van der Waals surface area contributed by atoms with Gasteiger partial charge in [-0.3, -0.25) is 9.78 Å². The molecule has 1 N–H and O–H groups in total. The molecule has 1 aliphatic heterocycles. The van der Waals surface area contributed by atoms with Crippen LogP contribution in [0.5, 0.6) is 0 Å². The summed E-state index contributed by atoms with van der Waals surface area (Å²) in [5.74, 6) is -1.26. The molecule has 0 unspecified atom stereocenters. The van der Waals surface area contributed by atoms with E-state index < -0.39 is 18.3 Å². The smallest absolute Gasteiger partial charge is 0.308 e. The number of nitrogens with zero attached hydrogens (tertiary/aromatic N) is 2. The van der Waals surface area contributed by atoms with Gasteiger partial charge in [-0.25, -0.2) is 8.78 Å². The molecule has 1 saturated heterocycles. The Labute approximate surface area is 96.9 Å². The lowest BCUT2D eigenvalue weighted by atomic mass is 10.1. The molecule has 1 fully saturated rings. The van der Waals surface area contributed by atoms with Gasteiger partial charge in [-0.05, 0) is 18.6 Å². The number of pyridine rings is 1. The summed E-state index contributed by atoms with van der Waals surface area (Å²) < 4.78 is 24.9. The van der Waals surface area contributed by atoms with E-state index in [0.29, 0.717) is 25.2 Å².